The molecule has 5 atom stereocenters. The number of rotatable bonds is 5. The highest BCUT2D eigenvalue weighted by molar-refractivity contribution is 5.83. The number of aromatic nitrogens is 4. The van der Waals surface area contributed by atoms with Gasteiger partial charge in [-0.25, -0.2) is 15.0 Å². The molecule has 4 rings (SSSR count). The second-order valence-corrected chi connectivity index (χ2v) is 6.50. The van der Waals surface area contributed by atoms with Gasteiger partial charge in [0.2, 0.25) is 0 Å². The van der Waals surface area contributed by atoms with Crippen LogP contribution in [0.15, 0.2) is 12.7 Å². The molecule has 1 amide bonds. The maximum atomic E-state index is 12.0. The first-order valence-electron chi connectivity index (χ1n) is 8.36. The van der Waals surface area contributed by atoms with Crippen LogP contribution in [-0.4, -0.2) is 78.3 Å². The summed E-state index contributed by atoms with van der Waals surface area (Å²) in [4.78, 5) is 24.4. The molecular weight excluding hydrogens is 344 g/mol. The summed E-state index contributed by atoms with van der Waals surface area (Å²) in [5.41, 5.74) is 0.855. The van der Waals surface area contributed by atoms with Crippen LogP contribution in [0.5, 0.6) is 0 Å². The van der Waals surface area contributed by atoms with Gasteiger partial charge in [-0.15, -0.1) is 0 Å². The van der Waals surface area contributed by atoms with Gasteiger partial charge in [0.15, 0.2) is 23.8 Å². The molecular formula is C15H20N6O5. The SMILES string of the molecule is CNc1ncnc2c1ncn2[C@@H]1O[C@H](C(O)C(=O)NC2CC2)[C@@H](O)[C@H]1O. The Kier molecular flexibility index (Phi) is 4.23. The van der Waals surface area contributed by atoms with Crippen molar-refractivity contribution >= 4 is 22.9 Å². The van der Waals surface area contributed by atoms with Gasteiger partial charge in [-0.3, -0.25) is 9.36 Å². The molecule has 1 aliphatic carbocycles. The lowest BCUT2D eigenvalue weighted by Gasteiger charge is -2.20. The zero-order valence-corrected chi connectivity index (χ0v) is 14.0. The molecule has 2 aromatic heterocycles. The van der Waals surface area contributed by atoms with E-state index in [1.165, 1.54) is 17.2 Å². The minimum absolute atomic E-state index is 0.0608. The first-order chi connectivity index (χ1) is 12.5. The number of hydrogen-bond acceptors (Lipinski definition) is 9. The van der Waals surface area contributed by atoms with Gasteiger partial charge in [0, 0.05) is 13.1 Å². The second-order valence-electron chi connectivity index (χ2n) is 6.50. The maximum absolute atomic E-state index is 12.0. The lowest BCUT2D eigenvalue weighted by molar-refractivity contribution is -0.143. The summed E-state index contributed by atoms with van der Waals surface area (Å²) in [6.07, 6.45) is -2.25. The Labute approximate surface area is 148 Å². The molecule has 1 saturated heterocycles. The molecule has 2 aromatic rings. The highest BCUT2D eigenvalue weighted by atomic mass is 16.6. The average molecular weight is 364 g/mol. The Morgan fingerprint density at radius 3 is 2.77 bits per heavy atom. The van der Waals surface area contributed by atoms with Crippen LogP contribution in [0, 0.1) is 0 Å². The lowest BCUT2D eigenvalue weighted by atomic mass is 10.0. The Bertz CT molecular complexity index is 824. The van der Waals surface area contributed by atoms with Crippen molar-refractivity contribution in [3.05, 3.63) is 12.7 Å². The molecule has 5 N–H and O–H groups in total. The van der Waals surface area contributed by atoms with Crippen LogP contribution >= 0.6 is 0 Å². The van der Waals surface area contributed by atoms with Crippen LogP contribution in [0.1, 0.15) is 19.1 Å². The molecule has 0 bridgehead atoms. The van der Waals surface area contributed by atoms with Gasteiger partial charge in [-0.05, 0) is 12.8 Å². The standard InChI is InChI=1S/C15H20N6O5/c1-16-12-7-13(18-4-17-12)21(5-19-7)15-9(23)8(22)11(26-15)10(24)14(25)20-6-2-3-6/h4-6,8-11,15,22-24H,2-3H2,1H3,(H,20,25)(H,16,17,18)/t8-,9+,10?,11-,15+/m0/s1. The van der Waals surface area contributed by atoms with E-state index in [2.05, 4.69) is 25.6 Å². The van der Waals surface area contributed by atoms with Crippen LogP contribution in [0.2, 0.25) is 0 Å². The van der Waals surface area contributed by atoms with Crippen LogP contribution in [0.4, 0.5) is 5.82 Å². The number of amides is 1. The van der Waals surface area contributed by atoms with Crippen molar-refractivity contribution in [1.29, 1.82) is 0 Å². The van der Waals surface area contributed by atoms with E-state index in [1.54, 1.807) is 7.05 Å². The second kappa shape index (κ2) is 6.43. The number of aliphatic hydroxyl groups excluding tert-OH is 3. The number of ether oxygens (including phenoxy) is 1. The summed E-state index contributed by atoms with van der Waals surface area (Å²) in [7, 11) is 1.69. The molecule has 1 saturated carbocycles. The van der Waals surface area contributed by atoms with Gasteiger partial charge in [0.1, 0.15) is 30.2 Å². The van der Waals surface area contributed by atoms with Gasteiger partial charge in [-0.1, -0.05) is 0 Å². The third-order valence-corrected chi connectivity index (χ3v) is 4.65. The Balaban J connectivity index is 1.59. The van der Waals surface area contributed by atoms with Gasteiger partial charge in [-0.2, -0.15) is 0 Å². The highest BCUT2D eigenvalue weighted by Gasteiger charge is 2.49. The van der Waals surface area contributed by atoms with E-state index in [9.17, 15) is 20.1 Å². The summed E-state index contributed by atoms with van der Waals surface area (Å²) in [6, 6.07) is 0.0608. The van der Waals surface area contributed by atoms with Gasteiger partial charge >= 0.3 is 0 Å². The number of carbonyl (C=O) groups excluding carboxylic acids is 1. The zero-order chi connectivity index (χ0) is 18.4. The van der Waals surface area contributed by atoms with Crippen LogP contribution in [0.25, 0.3) is 11.2 Å². The van der Waals surface area contributed by atoms with Crippen molar-refractivity contribution in [1.82, 2.24) is 24.8 Å². The third kappa shape index (κ3) is 2.78. The zero-order valence-electron chi connectivity index (χ0n) is 14.0. The smallest absolute Gasteiger partial charge is 0.251 e. The first kappa shape index (κ1) is 17.1. The van der Waals surface area contributed by atoms with Gasteiger partial charge in [0.25, 0.3) is 5.91 Å². The first-order valence-corrected chi connectivity index (χ1v) is 8.36. The maximum Gasteiger partial charge on any atom is 0.251 e. The summed E-state index contributed by atoms with van der Waals surface area (Å²) in [5, 5.41) is 36.4. The van der Waals surface area contributed by atoms with E-state index in [0.717, 1.165) is 12.8 Å². The van der Waals surface area contributed by atoms with Crippen molar-refractivity contribution in [3.8, 4) is 0 Å². The normalized spacial score (nSPS) is 29.7. The molecule has 26 heavy (non-hydrogen) atoms. The van der Waals surface area contributed by atoms with E-state index in [1.807, 2.05) is 0 Å². The van der Waals surface area contributed by atoms with E-state index in [0.29, 0.717) is 17.0 Å². The molecule has 0 radical (unpaired) electrons. The molecule has 3 heterocycles. The van der Waals surface area contributed by atoms with E-state index >= 15 is 0 Å². The largest absolute Gasteiger partial charge is 0.387 e. The van der Waals surface area contributed by atoms with E-state index in [4.69, 9.17) is 4.74 Å². The average Bonchev–Trinajstić information content (AvgIpc) is 3.28. The molecule has 1 aliphatic heterocycles. The minimum atomic E-state index is -1.59. The molecule has 1 unspecified atom stereocenters. The van der Waals surface area contributed by atoms with Crippen molar-refractivity contribution in [2.24, 2.45) is 0 Å². The van der Waals surface area contributed by atoms with Crippen molar-refractivity contribution in [2.45, 2.75) is 49.5 Å². The van der Waals surface area contributed by atoms with Crippen molar-refractivity contribution < 1.29 is 24.9 Å². The summed E-state index contributed by atoms with van der Waals surface area (Å²) in [6.45, 7) is 0. The number of fused-ring (bicyclic) bond motifs is 1. The van der Waals surface area contributed by atoms with Crippen molar-refractivity contribution in [3.63, 3.8) is 0 Å². The number of carbonyl (C=O) groups is 1. The number of anilines is 1. The summed E-state index contributed by atoms with van der Waals surface area (Å²) < 4.78 is 7.07. The highest BCUT2D eigenvalue weighted by Crippen LogP contribution is 2.33. The molecule has 0 aromatic carbocycles. The number of hydrogen-bond donors (Lipinski definition) is 5. The molecule has 0 spiro atoms. The molecule has 2 fully saturated rings. The van der Waals surface area contributed by atoms with Crippen molar-refractivity contribution in [2.75, 3.05) is 12.4 Å². The fourth-order valence-electron chi connectivity index (χ4n) is 3.06. The molecule has 2 aliphatic rings. The monoisotopic (exact) mass is 364 g/mol. The predicted octanol–water partition coefficient (Wildman–Crippen LogP) is -1.87. The number of imidazole rings is 1. The summed E-state index contributed by atoms with van der Waals surface area (Å²) in [5.74, 6) is -0.123. The quantitative estimate of drug-likeness (QED) is 0.410. The summed E-state index contributed by atoms with van der Waals surface area (Å²) >= 11 is 0. The Morgan fingerprint density at radius 1 is 1.31 bits per heavy atom. The fraction of sp³-hybridized carbons (Fsp3) is 0.600. The Morgan fingerprint density at radius 2 is 2.08 bits per heavy atom. The van der Waals surface area contributed by atoms with Crippen LogP contribution in [-0.2, 0) is 9.53 Å². The lowest BCUT2D eigenvalue weighted by Crippen LogP contribution is -2.48. The molecule has 140 valence electrons. The molecule has 11 nitrogen and oxygen atoms in total. The predicted molar refractivity (Wildman–Crippen MR) is 88.0 cm³/mol. The topological polar surface area (TPSA) is 155 Å². The van der Waals surface area contributed by atoms with Crippen LogP contribution in [0.3, 0.4) is 0 Å². The van der Waals surface area contributed by atoms with E-state index < -0.39 is 36.6 Å². The number of nitrogens with one attached hydrogen (secondary N) is 2. The number of nitrogens with zero attached hydrogens (tertiary/aromatic N) is 4. The third-order valence-electron chi connectivity index (χ3n) is 4.65. The van der Waals surface area contributed by atoms with Gasteiger partial charge in [0.05, 0.1) is 6.33 Å². The molecule has 11 heteroatoms. The van der Waals surface area contributed by atoms with Crippen LogP contribution < -0.4 is 10.6 Å². The fourth-order valence-corrected chi connectivity index (χ4v) is 3.06. The van der Waals surface area contributed by atoms with E-state index in [-0.39, 0.29) is 6.04 Å². The van der Waals surface area contributed by atoms with Gasteiger partial charge < -0.3 is 30.7 Å². The number of aliphatic hydroxyl groups is 3. The minimum Gasteiger partial charge on any atom is -0.387 e. The Hall–Kier alpha value is -2.34.